The van der Waals surface area contributed by atoms with E-state index in [0.29, 0.717) is 5.41 Å². The number of halogens is 2. The second kappa shape index (κ2) is 3.58. The first kappa shape index (κ1) is 9.46. The molecule has 0 radical (unpaired) electrons. The lowest BCUT2D eigenvalue weighted by Crippen LogP contribution is -2.07. The van der Waals surface area contributed by atoms with Crippen LogP contribution in [-0.4, -0.2) is 1.93 Å². The molecule has 0 aliphatic carbocycles. The van der Waals surface area contributed by atoms with Crippen molar-refractivity contribution in [2.45, 2.75) is 29.1 Å². The zero-order valence-corrected chi connectivity index (χ0v) is 9.86. The van der Waals surface area contributed by atoms with Crippen molar-refractivity contribution in [1.82, 2.24) is 0 Å². The van der Waals surface area contributed by atoms with Crippen LogP contribution in [0.5, 0.6) is 0 Å². The molecule has 0 rings (SSSR count). The van der Waals surface area contributed by atoms with Crippen LogP contribution in [0.25, 0.3) is 0 Å². The molecule has 0 aliphatic rings. The minimum absolute atomic E-state index is 0.507. The molecular formula is C6H12I2. The Hall–Kier alpha value is 1.46. The van der Waals surface area contributed by atoms with Gasteiger partial charge in [-0.15, -0.1) is 0 Å². The van der Waals surface area contributed by atoms with Gasteiger partial charge in [0.2, 0.25) is 0 Å². The molecular weight excluding hydrogens is 326 g/mol. The van der Waals surface area contributed by atoms with Gasteiger partial charge >= 0.3 is 0 Å². The van der Waals surface area contributed by atoms with Crippen LogP contribution in [0, 0.1) is 5.41 Å². The highest BCUT2D eigenvalue weighted by Crippen LogP contribution is 2.28. The van der Waals surface area contributed by atoms with Gasteiger partial charge in [-0.2, -0.15) is 0 Å². The molecule has 0 N–H and O–H groups in total. The Morgan fingerprint density at radius 1 is 1.25 bits per heavy atom. The van der Waals surface area contributed by atoms with E-state index in [1.165, 1.54) is 6.42 Å². The minimum atomic E-state index is 0.507. The first-order valence-corrected chi connectivity index (χ1v) is 5.19. The summed E-state index contributed by atoms with van der Waals surface area (Å²) in [4.78, 5) is 0. The van der Waals surface area contributed by atoms with Gasteiger partial charge in [0.1, 0.15) is 0 Å². The second-order valence-electron chi connectivity index (χ2n) is 3.16. The standard InChI is InChI=1S/C6H12I2/c1-6(2,3)4-5(7)8/h5H,4H2,1-3H3. The fourth-order valence-electron chi connectivity index (χ4n) is 0.463. The minimum Gasteiger partial charge on any atom is -0.0710 e. The average Bonchev–Trinajstić information content (AvgIpc) is 1.21. The van der Waals surface area contributed by atoms with Crippen molar-refractivity contribution < 1.29 is 0 Å². The monoisotopic (exact) mass is 338 g/mol. The first-order valence-electron chi connectivity index (χ1n) is 2.70. The lowest BCUT2D eigenvalue weighted by Gasteiger charge is -2.18. The molecule has 0 fully saturated rings. The van der Waals surface area contributed by atoms with Crippen molar-refractivity contribution in [3.63, 3.8) is 0 Å². The van der Waals surface area contributed by atoms with Crippen molar-refractivity contribution in [1.29, 1.82) is 0 Å². The van der Waals surface area contributed by atoms with Crippen LogP contribution in [0.3, 0.4) is 0 Å². The van der Waals surface area contributed by atoms with Gasteiger partial charge in [-0.05, 0) is 11.8 Å². The molecule has 0 aromatic heterocycles. The Morgan fingerprint density at radius 3 is 1.62 bits per heavy atom. The summed E-state index contributed by atoms with van der Waals surface area (Å²) in [7, 11) is 0. The third-order valence-electron chi connectivity index (χ3n) is 0.767. The molecule has 0 saturated heterocycles. The van der Waals surface area contributed by atoms with E-state index in [4.69, 9.17) is 0 Å². The largest absolute Gasteiger partial charge is 0.0710 e. The van der Waals surface area contributed by atoms with Crippen molar-refractivity contribution in [2.75, 3.05) is 0 Å². The molecule has 50 valence electrons. The third kappa shape index (κ3) is 7.46. The van der Waals surface area contributed by atoms with Crippen LogP contribution in [0.4, 0.5) is 0 Å². The molecule has 0 unspecified atom stereocenters. The number of rotatable bonds is 1. The maximum absolute atomic E-state index is 2.45. The van der Waals surface area contributed by atoms with Gasteiger partial charge in [-0.25, -0.2) is 0 Å². The normalized spacial score (nSPS) is 12.8. The molecule has 0 spiro atoms. The van der Waals surface area contributed by atoms with Crippen LogP contribution < -0.4 is 0 Å². The number of hydrogen-bond donors (Lipinski definition) is 0. The smallest absolute Gasteiger partial charge is 0.0631 e. The Labute approximate surface area is 79.1 Å². The van der Waals surface area contributed by atoms with Gasteiger partial charge in [0, 0.05) is 0 Å². The van der Waals surface area contributed by atoms with E-state index in [-0.39, 0.29) is 0 Å². The van der Waals surface area contributed by atoms with Gasteiger partial charge in [0.25, 0.3) is 0 Å². The molecule has 0 saturated carbocycles. The predicted molar refractivity (Wildman–Crippen MR) is 55.9 cm³/mol. The molecule has 2 heteroatoms. The zero-order valence-electron chi connectivity index (χ0n) is 5.54. The zero-order chi connectivity index (χ0) is 6.78. The molecule has 0 aromatic rings. The highest BCUT2D eigenvalue weighted by atomic mass is 127. The molecule has 0 bridgehead atoms. The van der Waals surface area contributed by atoms with Crippen molar-refractivity contribution in [3.05, 3.63) is 0 Å². The van der Waals surface area contributed by atoms with Gasteiger partial charge in [-0.1, -0.05) is 66.0 Å². The summed E-state index contributed by atoms with van der Waals surface area (Å²) in [6, 6.07) is 0. The maximum atomic E-state index is 2.45. The summed E-state index contributed by atoms with van der Waals surface area (Å²) < 4.78 is 0.783. The van der Waals surface area contributed by atoms with E-state index in [0.717, 1.165) is 1.93 Å². The Morgan fingerprint density at radius 2 is 1.62 bits per heavy atom. The molecule has 0 aliphatic heterocycles. The second-order valence-corrected chi connectivity index (χ2v) is 8.55. The molecule has 0 heterocycles. The summed E-state index contributed by atoms with van der Waals surface area (Å²) in [6.45, 7) is 6.83. The third-order valence-corrected chi connectivity index (χ3v) is 1.65. The number of alkyl halides is 2. The van der Waals surface area contributed by atoms with Crippen LogP contribution in [0.2, 0.25) is 0 Å². The fourth-order valence-corrected chi connectivity index (χ4v) is 3.11. The molecule has 0 amide bonds. The SMILES string of the molecule is CC(C)(C)CC(I)I. The molecule has 0 aromatic carbocycles. The lowest BCUT2D eigenvalue weighted by atomic mass is 9.94. The van der Waals surface area contributed by atoms with Gasteiger partial charge in [0.15, 0.2) is 0 Å². The number of hydrogen-bond acceptors (Lipinski definition) is 0. The highest BCUT2D eigenvalue weighted by molar-refractivity contribution is 14.2. The summed E-state index contributed by atoms with van der Waals surface area (Å²) in [5.74, 6) is 0. The van der Waals surface area contributed by atoms with Gasteiger partial charge < -0.3 is 0 Å². The van der Waals surface area contributed by atoms with Crippen LogP contribution in [0.1, 0.15) is 27.2 Å². The van der Waals surface area contributed by atoms with E-state index in [9.17, 15) is 0 Å². The first-order chi connectivity index (χ1) is 3.42. The summed E-state index contributed by atoms with van der Waals surface area (Å²) >= 11 is 4.91. The lowest BCUT2D eigenvalue weighted by molar-refractivity contribution is 0.401. The maximum Gasteiger partial charge on any atom is 0.0631 e. The Kier molecular flexibility index (Phi) is 4.24. The van der Waals surface area contributed by atoms with Crippen molar-refractivity contribution in [2.24, 2.45) is 5.41 Å². The predicted octanol–water partition coefficient (Wildman–Crippen LogP) is 3.62. The molecule has 0 atom stereocenters. The van der Waals surface area contributed by atoms with Gasteiger partial charge in [-0.3, -0.25) is 0 Å². The average molecular weight is 338 g/mol. The van der Waals surface area contributed by atoms with Crippen molar-refractivity contribution in [3.8, 4) is 0 Å². The molecule has 0 nitrogen and oxygen atoms in total. The van der Waals surface area contributed by atoms with Crippen LogP contribution >= 0.6 is 45.2 Å². The molecule has 8 heavy (non-hydrogen) atoms. The van der Waals surface area contributed by atoms with Crippen LogP contribution in [0.15, 0.2) is 0 Å². The fraction of sp³-hybridized carbons (Fsp3) is 1.00. The topological polar surface area (TPSA) is 0 Å². The van der Waals surface area contributed by atoms with E-state index in [1.807, 2.05) is 0 Å². The quantitative estimate of drug-likeness (QED) is 0.506. The summed E-state index contributed by atoms with van der Waals surface area (Å²) in [5.41, 5.74) is 0.507. The summed E-state index contributed by atoms with van der Waals surface area (Å²) in [5, 5.41) is 0. The summed E-state index contributed by atoms with van der Waals surface area (Å²) in [6.07, 6.45) is 1.30. The van der Waals surface area contributed by atoms with E-state index >= 15 is 0 Å². The van der Waals surface area contributed by atoms with Crippen LogP contribution in [-0.2, 0) is 0 Å². The van der Waals surface area contributed by atoms with E-state index < -0.39 is 0 Å². The van der Waals surface area contributed by atoms with Crippen molar-refractivity contribution >= 4 is 45.2 Å². The highest BCUT2D eigenvalue weighted by Gasteiger charge is 2.13. The Bertz CT molecular complexity index is 61.4. The Balaban J connectivity index is 3.39. The van der Waals surface area contributed by atoms with E-state index in [2.05, 4.69) is 66.0 Å². The van der Waals surface area contributed by atoms with Gasteiger partial charge in [0.05, 0.1) is 1.93 Å². The van der Waals surface area contributed by atoms with E-state index in [1.54, 1.807) is 0 Å².